The molecule has 2 aromatic heterocycles. The van der Waals surface area contributed by atoms with Gasteiger partial charge in [0.25, 0.3) is 5.91 Å². The van der Waals surface area contributed by atoms with Crippen LogP contribution in [-0.2, 0) is 4.74 Å². The molecule has 0 aliphatic carbocycles. The zero-order valence-electron chi connectivity index (χ0n) is 21.8. The van der Waals surface area contributed by atoms with Gasteiger partial charge in [0, 0.05) is 56.2 Å². The van der Waals surface area contributed by atoms with Gasteiger partial charge in [0.2, 0.25) is 0 Å². The standard InChI is InChI=1S/C28H30F3N5O4/c1-15-13-36(14-21(32)27(15)37)24-4-7-33-12-23(24)35-28(38)22-3-2-18(29)26(34-22)25-19(30)10-17(11-20(25)31)40-16-5-8-39-9-6-16/h2-4,7,10-12,15-16,21,27,37H,5-6,8-9,13-14,32H2,1H3,(H,35,38)/t15-,21+,27+/m0/s1. The van der Waals surface area contributed by atoms with Crippen molar-refractivity contribution < 1.29 is 32.5 Å². The van der Waals surface area contributed by atoms with Crippen LogP contribution in [0.4, 0.5) is 24.5 Å². The number of halogens is 3. The molecule has 1 amide bonds. The van der Waals surface area contributed by atoms with E-state index in [1.54, 1.807) is 12.3 Å². The number of nitrogens with two attached hydrogens (primary N) is 1. The fraction of sp³-hybridized carbons (Fsp3) is 0.393. The smallest absolute Gasteiger partial charge is 0.274 e. The summed E-state index contributed by atoms with van der Waals surface area (Å²) in [5, 5.41) is 12.9. The Balaban J connectivity index is 1.38. The van der Waals surface area contributed by atoms with Crippen LogP contribution in [-0.4, -0.2) is 65.5 Å². The minimum Gasteiger partial charge on any atom is -0.490 e. The molecule has 40 heavy (non-hydrogen) atoms. The quantitative estimate of drug-likeness (QED) is 0.421. The SMILES string of the molecule is C[C@H]1CN(c2ccncc2NC(=O)c2ccc(F)c(-c3c(F)cc(OC4CCOCC4)cc3F)n2)C[C@@H](N)[C@@H]1O. The number of benzene rings is 1. The van der Waals surface area contributed by atoms with Gasteiger partial charge < -0.3 is 30.5 Å². The molecule has 0 saturated carbocycles. The first-order valence-corrected chi connectivity index (χ1v) is 13.1. The second-order valence-corrected chi connectivity index (χ2v) is 10.1. The monoisotopic (exact) mass is 557 g/mol. The van der Waals surface area contributed by atoms with Crippen molar-refractivity contribution in [2.24, 2.45) is 11.7 Å². The van der Waals surface area contributed by atoms with Gasteiger partial charge in [-0.3, -0.25) is 9.78 Å². The molecule has 1 aromatic carbocycles. The molecule has 3 aromatic rings. The molecule has 0 bridgehead atoms. The average Bonchev–Trinajstić information content (AvgIpc) is 2.93. The Morgan fingerprint density at radius 2 is 1.85 bits per heavy atom. The number of pyridine rings is 2. The normalized spacial score (nSPS) is 21.8. The lowest BCUT2D eigenvalue weighted by atomic mass is 9.92. The third-order valence-corrected chi connectivity index (χ3v) is 7.15. The maximum absolute atomic E-state index is 15.1. The molecule has 0 unspecified atom stereocenters. The minimum absolute atomic E-state index is 0.0247. The number of carbonyl (C=O) groups is 1. The summed E-state index contributed by atoms with van der Waals surface area (Å²) in [5.74, 6) is -4.01. The molecular weight excluding hydrogens is 527 g/mol. The molecule has 2 fully saturated rings. The van der Waals surface area contributed by atoms with E-state index in [1.807, 2.05) is 11.8 Å². The first-order valence-electron chi connectivity index (χ1n) is 13.1. The molecule has 0 spiro atoms. The molecule has 12 heteroatoms. The van der Waals surface area contributed by atoms with Gasteiger partial charge in [-0.15, -0.1) is 0 Å². The van der Waals surface area contributed by atoms with Crippen molar-refractivity contribution >= 4 is 17.3 Å². The highest BCUT2D eigenvalue weighted by atomic mass is 19.1. The predicted molar refractivity (Wildman–Crippen MR) is 142 cm³/mol. The maximum atomic E-state index is 15.1. The number of ether oxygens (including phenoxy) is 2. The number of nitrogens with one attached hydrogen (secondary N) is 1. The van der Waals surface area contributed by atoms with Gasteiger partial charge in [-0.1, -0.05) is 6.92 Å². The van der Waals surface area contributed by atoms with Crippen molar-refractivity contribution in [3.8, 4) is 17.0 Å². The van der Waals surface area contributed by atoms with Gasteiger partial charge in [-0.05, 0) is 18.2 Å². The molecule has 5 rings (SSSR count). The lowest BCUT2D eigenvalue weighted by Gasteiger charge is -2.40. The molecule has 4 heterocycles. The van der Waals surface area contributed by atoms with E-state index in [9.17, 15) is 14.3 Å². The fourth-order valence-corrected chi connectivity index (χ4v) is 5.03. The zero-order valence-corrected chi connectivity index (χ0v) is 21.8. The summed E-state index contributed by atoms with van der Waals surface area (Å²) >= 11 is 0. The van der Waals surface area contributed by atoms with Crippen LogP contribution >= 0.6 is 0 Å². The first kappa shape index (κ1) is 27.8. The Bertz CT molecular complexity index is 1350. The summed E-state index contributed by atoms with van der Waals surface area (Å²) in [6, 6.07) is 5.22. The summed E-state index contributed by atoms with van der Waals surface area (Å²) in [7, 11) is 0. The van der Waals surface area contributed by atoms with E-state index in [0.717, 1.165) is 24.3 Å². The van der Waals surface area contributed by atoms with E-state index >= 15 is 8.78 Å². The van der Waals surface area contributed by atoms with Gasteiger partial charge >= 0.3 is 0 Å². The number of nitrogens with zero attached hydrogens (tertiary/aromatic N) is 3. The van der Waals surface area contributed by atoms with Gasteiger partial charge in [-0.25, -0.2) is 18.2 Å². The Morgan fingerprint density at radius 3 is 2.55 bits per heavy atom. The Morgan fingerprint density at radius 1 is 1.12 bits per heavy atom. The Kier molecular flexibility index (Phi) is 8.19. The van der Waals surface area contributed by atoms with Crippen molar-refractivity contribution in [2.75, 3.05) is 36.5 Å². The highest BCUT2D eigenvalue weighted by molar-refractivity contribution is 6.04. The number of carbonyl (C=O) groups excluding carboxylic acids is 1. The highest BCUT2D eigenvalue weighted by Crippen LogP contribution is 2.33. The van der Waals surface area contributed by atoms with Crippen LogP contribution in [0.1, 0.15) is 30.3 Å². The van der Waals surface area contributed by atoms with Crippen molar-refractivity contribution in [1.82, 2.24) is 9.97 Å². The maximum Gasteiger partial charge on any atom is 0.274 e. The van der Waals surface area contributed by atoms with Crippen LogP contribution < -0.4 is 20.7 Å². The number of aromatic nitrogens is 2. The van der Waals surface area contributed by atoms with Gasteiger partial charge in [0.05, 0.1) is 42.5 Å². The van der Waals surface area contributed by atoms with Gasteiger partial charge in [0.1, 0.15) is 40.7 Å². The average molecular weight is 558 g/mol. The van der Waals surface area contributed by atoms with Crippen LogP contribution in [0.5, 0.6) is 5.75 Å². The molecule has 2 aliphatic heterocycles. The number of hydrogen-bond acceptors (Lipinski definition) is 8. The van der Waals surface area contributed by atoms with Crippen LogP contribution in [0.2, 0.25) is 0 Å². The molecule has 212 valence electrons. The van der Waals surface area contributed by atoms with Crippen LogP contribution in [0.3, 0.4) is 0 Å². The number of anilines is 2. The third kappa shape index (κ3) is 5.88. The van der Waals surface area contributed by atoms with Crippen LogP contribution in [0.15, 0.2) is 42.7 Å². The zero-order chi connectivity index (χ0) is 28.4. The minimum atomic E-state index is -1.07. The summed E-state index contributed by atoms with van der Waals surface area (Å²) in [5.41, 5.74) is 5.44. The number of hydrogen-bond donors (Lipinski definition) is 3. The van der Waals surface area contributed by atoms with Gasteiger partial charge in [-0.2, -0.15) is 0 Å². The molecule has 0 radical (unpaired) electrons. The molecule has 9 nitrogen and oxygen atoms in total. The topological polar surface area (TPSA) is 123 Å². The summed E-state index contributed by atoms with van der Waals surface area (Å²) < 4.78 is 55.8. The second-order valence-electron chi connectivity index (χ2n) is 10.1. The van der Waals surface area contributed by atoms with Crippen LogP contribution in [0.25, 0.3) is 11.3 Å². The first-order chi connectivity index (χ1) is 19.2. The van der Waals surface area contributed by atoms with E-state index in [2.05, 4.69) is 15.3 Å². The van der Waals surface area contributed by atoms with Gasteiger partial charge in [0.15, 0.2) is 0 Å². The fourth-order valence-electron chi connectivity index (χ4n) is 5.03. The number of amides is 1. The van der Waals surface area contributed by atoms with Crippen molar-refractivity contribution in [3.63, 3.8) is 0 Å². The molecule has 4 N–H and O–H groups in total. The lowest BCUT2D eigenvalue weighted by Crippen LogP contribution is -2.55. The van der Waals surface area contributed by atoms with Crippen molar-refractivity contribution in [3.05, 3.63) is 65.9 Å². The Labute approximate surface area is 229 Å². The second kappa shape index (κ2) is 11.8. The van der Waals surface area contributed by atoms with Crippen molar-refractivity contribution in [2.45, 2.75) is 38.0 Å². The van der Waals surface area contributed by atoms with E-state index in [4.69, 9.17) is 15.2 Å². The van der Waals surface area contributed by atoms with E-state index in [0.29, 0.717) is 50.5 Å². The number of aliphatic hydroxyl groups is 1. The van der Waals surface area contributed by atoms with Crippen molar-refractivity contribution in [1.29, 1.82) is 0 Å². The van der Waals surface area contributed by atoms with E-state index < -0.39 is 46.8 Å². The van der Waals surface area contributed by atoms with Crippen LogP contribution in [0, 0.1) is 23.4 Å². The molecular formula is C28H30F3N5O4. The lowest BCUT2D eigenvalue weighted by molar-refractivity contribution is 0.0253. The van der Waals surface area contributed by atoms with E-state index in [1.165, 1.54) is 6.20 Å². The highest BCUT2D eigenvalue weighted by Gasteiger charge is 2.32. The number of piperidine rings is 1. The summed E-state index contributed by atoms with van der Waals surface area (Å²) in [6.45, 7) is 3.71. The predicted octanol–water partition coefficient (Wildman–Crippen LogP) is 3.52. The summed E-state index contributed by atoms with van der Waals surface area (Å²) in [6.07, 6.45) is 3.27. The summed E-state index contributed by atoms with van der Waals surface area (Å²) in [4.78, 5) is 23.1. The molecule has 2 aliphatic rings. The number of aliphatic hydroxyl groups excluding tert-OH is 1. The largest absolute Gasteiger partial charge is 0.490 e. The van der Waals surface area contributed by atoms with E-state index in [-0.39, 0.29) is 23.5 Å². The molecule has 3 atom stereocenters. The Hall–Kier alpha value is -3.74. The molecule has 2 saturated heterocycles. The number of rotatable bonds is 6. The third-order valence-electron chi connectivity index (χ3n) is 7.15.